The molecule has 0 aliphatic rings. The first kappa shape index (κ1) is 18.3. The van der Waals surface area contributed by atoms with E-state index in [1.807, 2.05) is 0 Å². The molecule has 6 nitrogen and oxygen atoms in total. The largest absolute Gasteiger partial charge is 0.232 e. The molecular formula is C17H15FN2O4S2. The van der Waals surface area contributed by atoms with Crippen LogP contribution in [0.5, 0.6) is 0 Å². The molecule has 136 valence electrons. The maximum Gasteiger partial charge on any atom is 0.194 e. The van der Waals surface area contributed by atoms with E-state index in [-0.39, 0.29) is 9.92 Å². The van der Waals surface area contributed by atoms with Crippen LogP contribution in [0.15, 0.2) is 64.5 Å². The molecule has 9 heteroatoms. The van der Waals surface area contributed by atoms with Crippen molar-refractivity contribution in [2.75, 3.05) is 12.5 Å². The fourth-order valence-corrected chi connectivity index (χ4v) is 3.58. The molecule has 3 aromatic rings. The van der Waals surface area contributed by atoms with Crippen LogP contribution in [0.2, 0.25) is 0 Å². The Morgan fingerprint density at radius 3 is 1.92 bits per heavy atom. The molecule has 0 bridgehead atoms. The van der Waals surface area contributed by atoms with E-state index in [1.54, 1.807) is 12.1 Å². The molecule has 0 unspecified atom stereocenters. The van der Waals surface area contributed by atoms with Crippen LogP contribution in [0.3, 0.4) is 0 Å². The van der Waals surface area contributed by atoms with Gasteiger partial charge >= 0.3 is 0 Å². The first-order valence-electron chi connectivity index (χ1n) is 7.42. The van der Waals surface area contributed by atoms with E-state index in [0.29, 0.717) is 16.9 Å². The molecular weight excluding hydrogens is 379 g/mol. The lowest BCUT2D eigenvalue weighted by atomic mass is 10.1. The highest BCUT2D eigenvalue weighted by molar-refractivity contribution is 7.91. The van der Waals surface area contributed by atoms with Gasteiger partial charge in [0, 0.05) is 24.1 Å². The number of rotatable bonds is 4. The number of hydrogen-bond donors (Lipinski definition) is 0. The SMILES string of the molecule is CS(=O)(=O)c1ccc(-c2cc(S(C)(=O)=O)nn2-c2ccc(F)cc2)cc1. The Morgan fingerprint density at radius 2 is 1.42 bits per heavy atom. The number of hydrogen-bond acceptors (Lipinski definition) is 5. The van der Waals surface area contributed by atoms with E-state index in [0.717, 1.165) is 12.5 Å². The van der Waals surface area contributed by atoms with Crippen molar-refractivity contribution in [3.8, 4) is 16.9 Å². The van der Waals surface area contributed by atoms with E-state index < -0.39 is 25.5 Å². The molecule has 0 aliphatic heterocycles. The molecule has 2 aromatic carbocycles. The van der Waals surface area contributed by atoms with Crippen LogP contribution >= 0.6 is 0 Å². The van der Waals surface area contributed by atoms with Gasteiger partial charge in [-0.1, -0.05) is 12.1 Å². The highest BCUT2D eigenvalue weighted by Gasteiger charge is 2.18. The number of aromatic nitrogens is 2. The Balaban J connectivity index is 2.19. The van der Waals surface area contributed by atoms with Gasteiger partial charge in [0.15, 0.2) is 24.7 Å². The third-order valence-electron chi connectivity index (χ3n) is 3.72. The van der Waals surface area contributed by atoms with Crippen LogP contribution in [0.4, 0.5) is 4.39 Å². The summed E-state index contributed by atoms with van der Waals surface area (Å²) in [5, 5.41) is 3.98. The molecule has 0 radical (unpaired) electrons. The maximum absolute atomic E-state index is 13.2. The lowest BCUT2D eigenvalue weighted by molar-refractivity contribution is 0.595. The standard InChI is InChI=1S/C17H15FN2O4S2/c1-25(21,22)15-9-3-12(4-10-15)16-11-17(26(2,23)24)19-20(16)14-7-5-13(18)6-8-14/h3-11H,1-2H3. The Labute approximate surface area is 150 Å². The van der Waals surface area contributed by atoms with Crippen LogP contribution in [0, 0.1) is 5.82 Å². The first-order chi connectivity index (χ1) is 12.1. The molecule has 0 atom stereocenters. The van der Waals surface area contributed by atoms with Gasteiger partial charge in [0.25, 0.3) is 0 Å². The number of sulfone groups is 2. The highest BCUT2D eigenvalue weighted by Crippen LogP contribution is 2.27. The number of benzene rings is 2. The fourth-order valence-electron chi connectivity index (χ4n) is 2.40. The minimum atomic E-state index is -3.56. The average Bonchev–Trinajstić information content (AvgIpc) is 3.00. The second-order valence-electron chi connectivity index (χ2n) is 5.82. The van der Waals surface area contributed by atoms with Gasteiger partial charge in [-0.15, -0.1) is 0 Å². The summed E-state index contributed by atoms with van der Waals surface area (Å²) in [6.45, 7) is 0. The van der Waals surface area contributed by atoms with Crippen LogP contribution < -0.4 is 0 Å². The summed E-state index contributed by atoms with van der Waals surface area (Å²) < 4.78 is 61.6. The average molecular weight is 394 g/mol. The summed E-state index contributed by atoms with van der Waals surface area (Å²) in [4.78, 5) is 0.150. The Kier molecular flexibility index (Phi) is 4.45. The van der Waals surface area contributed by atoms with E-state index in [1.165, 1.54) is 47.1 Å². The molecule has 0 saturated heterocycles. The zero-order chi connectivity index (χ0) is 19.1. The minimum absolute atomic E-state index is 0.135. The van der Waals surface area contributed by atoms with Gasteiger partial charge in [-0.2, -0.15) is 5.10 Å². The molecule has 0 fully saturated rings. The van der Waals surface area contributed by atoms with E-state index in [2.05, 4.69) is 5.10 Å². The predicted octanol–water partition coefficient (Wildman–Crippen LogP) is 2.49. The topological polar surface area (TPSA) is 86.1 Å². The molecule has 0 saturated carbocycles. The van der Waals surface area contributed by atoms with Gasteiger partial charge in [-0.25, -0.2) is 25.9 Å². The summed E-state index contributed by atoms with van der Waals surface area (Å²) in [5.74, 6) is -0.428. The Hall–Kier alpha value is -2.52. The third-order valence-corrected chi connectivity index (χ3v) is 5.80. The first-order valence-corrected chi connectivity index (χ1v) is 11.2. The summed E-state index contributed by atoms with van der Waals surface area (Å²) >= 11 is 0. The molecule has 0 N–H and O–H groups in total. The molecule has 1 aromatic heterocycles. The fraction of sp³-hybridized carbons (Fsp3) is 0.118. The van der Waals surface area contributed by atoms with Crippen LogP contribution in [-0.4, -0.2) is 39.1 Å². The summed E-state index contributed by atoms with van der Waals surface area (Å²) in [5.41, 5.74) is 1.49. The highest BCUT2D eigenvalue weighted by atomic mass is 32.2. The second kappa shape index (κ2) is 6.33. The van der Waals surface area contributed by atoms with Crippen molar-refractivity contribution in [1.29, 1.82) is 0 Å². The molecule has 0 spiro atoms. The normalized spacial score (nSPS) is 12.3. The summed E-state index contributed by atoms with van der Waals surface area (Å²) in [7, 11) is -6.91. The molecule has 3 rings (SSSR count). The second-order valence-corrected chi connectivity index (χ2v) is 9.80. The van der Waals surface area contributed by atoms with E-state index in [9.17, 15) is 21.2 Å². The van der Waals surface area contributed by atoms with Crippen LogP contribution in [0.25, 0.3) is 16.9 Å². The molecule has 0 amide bonds. The van der Waals surface area contributed by atoms with E-state index in [4.69, 9.17) is 0 Å². The van der Waals surface area contributed by atoms with Crippen molar-refractivity contribution in [2.24, 2.45) is 0 Å². The van der Waals surface area contributed by atoms with Crippen molar-refractivity contribution in [3.63, 3.8) is 0 Å². The van der Waals surface area contributed by atoms with Gasteiger partial charge in [-0.3, -0.25) is 0 Å². The van der Waals surface area contributed by atoms with Crippen molar-refractivity contribution in [3.05, 3.63) is 60.4 Å². The number of halogens is 1. The summed E-state index contributed by atoms with van der Waals surface area (Å²) in [6, 6.07) is 12.8. The zero-order valence-electron chi connectivity index (χ0n) is 13.9. The van der Waals surface area contributed by atoms with Crippen molar-refractivity contribution >= 4 is 19.7 Å². The number of nitrogens with zero attached hydrogens (tertiary/aromatic N) is 2. The van der Waals surface area contributed by atoms with Gasteiger partial charge < -0.3 is 0 Å². The third kappa shape index (κ3) is 3.68. The summed E-state index contributed by atoms with van der Waals surface area (Å²) in [6.07, 6.45) is 2.15. The van der Waals surface area contributed by atoms with Gasteiger partial charge in [0.1, 0.15) is 5.82 Å². The lowest BCUT2D eigenvalue weighted by Gasteiger charge is -2.08. The quantitative estimate of drug-likeness (QED) is 0.679. The Bertz CT molecular complexity index is 1160. The predicted molar refractivity (Wildman–Crippen MR) is 95.2 cm³/mol. The minimum Gasteiger partial charge on any atom is -0.232 e. The molecule has 0 aliphatic carbocycles. The molecule has 1 heterocycles. The van der Waals surface area contributed by atoms with Gasteiger partial charge in [0.05, 0.1) is 16.3 Å². The monoisotopic (exact) mass is 394 g/mol. The Morgan fingerprint density at radius 1 is 0.846 bits per heavy atom. The van der Waals surface area contributed by atoms with Gasteiger partial charge in [-0.05, 0) is 36.4 Å². The van der Waals surface area contributed by atoms with Crippen LogP contribution in [-0.2, 0) is 19.7 Å². The van der Waals surface area contributed by atoms with Crippen LogP contribution in [0.1, 0.15) is 0 Å². The molecule has 26 heavy (non-hydrogen) atoms. The lowest BCUT2D eigenvalue weighted by Crippen LogP contribution is -2.02. The van der Waals surface area contributed by atoms with Gasteiger partial charge in [0.2, 0.25) is 0 Å². The maximum atomic E-state index is 13.2. The van der Waals surface area contributed by atoms with Crippen molar-refractivity contribution in [2.45, 2.75) is 9.92 Å². The smallest absolute Gasteiger partial charge is 0.194 e. The van der Waals surface area contributed by atoms with Crippen molar-refractivity contribution in [1.82, 2.24) is 9.78 Å². The van der Waals surface area contributed by atoms with E-state index >= 15 is 0 Å². The zero-order valence-corrected chi connectivity index (χ0v) is 15.6. The van der Waals surface area contributed by atoms with Crippen molar-refractivity contribution < 1.29 is 21.2 Å².